The molecule has 1 aliphatic heterocycles. The summed E-state index contributed by atoms with van der Waals surface area (Å²) >= 11 is 2.06. The van der Waals surface area contributed by atoms with E-state index in [0.717, 1.165) is 18.9 Å². The third-order valence-electron chi connectivity index (χ3n) is 2.34. The minimum atomic E-state index is 0.299. The third-order valence-corrected chi connectivity index (χ3v) is 3.57. The molecule has 0 aliphatic carbocycles. The molecule has 0 aromatic carbocycles. The van der Waals surface area contributed by atoms with Gasteiger partial charge in [-0.25, -0.2) is 0 Å². The van der Waals surface area contributed by atoms with Gasteiger partial charge in [-0.05, 0) is 43.7 Å². The van der Waals surface area contributed by atoms with Crippen molar-refractivity contribution < 1.29 is 5.11 Å². The topological polar surface area (TPSA) is 32.3 Å². The van der Waals surface area contributed by atoms with Crippen molar-refractivity contribution in [2.24, 2.45) is 5.92 Å². The van der Waals surface area contributed by atoms with E-state index in [0.29, 0.717) is 12.6 Å². The van der Waals surface area contributed by atoms with Crippen LogP contribution < -0.4 is 5.32 Å². The average Bonchev–Trinajstić information content (AvgIpc) is 2.53. The molecule has 2 unspecified atom stereocenters. The van der Waals surface area contributed by atoms with Gasteiger partial charge in [0, 0.05) is 12.6 Å². The van der Waals surface area contributed by atoms with E-state index in [1.54, 1.807) is 0 Å². The molecule has 2 atom stereocenters. The Morgan fingerprint density at radius 3 is 3.08 bits per heavy atom. The van der Waals surface area contributed by atoms with Crippen molar-refractivity contribution in [1.82, 2.24) is 5.32 Å². The van der Waals surface area contributed by atoms with Crippen molar-refractivity contribution in [3.05, 3.63) is 0 Å². The Balaban J connectivity index is 1.99. The second kappa shape index (κ2) is 5.84. The van der Waals surface area contributed by atoms with Gasteiger partial charge in [0.15, 0.2) is 0 Å². The summed E-state index contributed by atoms with van der Waals surface area (Å²) in [5, 5.41) is 12.1. The summed E-state index contributed by atoms with van der Waals surface area (Å²) in [5.41, 5.74) is 0. The highest BCUT2D eigenvalue weighted by Crippen LogP contribution is 2.22. The molecule has 2 nitrogen and oxygen atoms in total. The fourth-order valence-electron chi connectivity index (χ4n) is 1.41. The first kappa shape index (κ1) is 10.4. The lowest BCUT2D eigenvalue weighted by Crippen LogP contribution is -2.31. The van der Waals surface area contributed by atoms with E-state index in [9.17, 15) is 0 Å². The van der Waals surface area contributed by atoms with E-state index in [2.05, 4.69) is 24.0 Å². The smallest absolute Gasteiger partial charge is 0.0445 e. The first-order valence-corrected chi connectivity index (χ1v) is 5.90. The molecule has 0 bridgehead atoms. The van der Waals surface area contributed by atoms with Gasteiger partial charge >= 0.3 is 0 Å². The van der Waals surface area contributed by atoms with Crippen LogP contribution in [0.3, 0.4) is 0 Å². The second-order valence-corrected chi connectivity index (χ2v) is 4.70. The van der Waals surface area contributed by atoms with Crippen LogP contribution in [0.25, 0.3) is 0 Å². The number of hydrogen-bond donors (Lipinski definition) is 2. The van der Waals surface area contributed by atoms with E-state index in [-0.39, 0.29) is 0 Å². The molecule has 0 spiro atoms. The van der Waals surface area contributed by atoms with Crippen molar-refractivity contribution in [3.63, 3.8) is 0 Å². The van der Waals surface area contributed by atoms with E-state index >= 15 is 0 Å². The summed E-state index contributed by atoms with van der Waals surface area (Å²) in [5.74, 6) is 3.52. The summed E-state index contributed by atoms with van der Waals surface area (Å²) in [7, 11) is 0. The van der Waals surface area contributed by atoms with E-state index in [4.69, 9.17) is 5.11 Å². The van der Waals surface area contributed by atoms with Gasteiger partial charge in [-0.1, -0.05) is 0 Å². The molecule has 1 rings (SSSR count). The lowest BCUT2D eigenvalue weighted by Gasteiger charge is -2.15. The maximum Gasteiger partial charge on any atom is 0.0445 e. The van der Waals surface area contributed by atoms with Crippen molar-refractivity contribution in [2.75, 3.05) is 24.7 Å². The number of thioether (sulfide) groups is 1. The minimum absolute atomic E-state index is 0.299. The molecule has 0 amide bonds. The van der Waals surface area contributed by atoms with Crippen LogP contribution in [0.2, 0.25) is 0 Å². The SMILES string of the molecule is CC(CCO)NCC1CCSC1. The number of rotatable bonds is 5. The molecule has 2 N–H and O–H groups in total. The van der Waals surface area contributed by atoms with Crippen LogP contribution in [0.1, 0.15) is 19.8 Å². The minimum Gasteiger partial charge on any atom is -0.396 e. The predicted molar refractivity (Wildman–Crippen MR) is 54.6 cm³/mol. The monoisotopic (exact) mass is 189 g/mol. The molecule has 0 aromatic heterocycles. The molecule has 0 aromatic rings. The van der Waals surface area contributed by atoms with Crippen LogP contribution in [-0.2, 0) is 0 Å². The van der Waals surface area contributed by atoms with Gasteiger partial charge in [-0.15, -0.1) is 0 Å². The molecule has 1 saturated heterocycles. The number of hydrogen-bond acceptors (Lipinski definition) is 3. The highest BCUT2D eigenvalue weighted by Gasteiger charge is 2.15. The van der Waals surface area contributed by atoms with E-state index < -0.39 is 0 Å². The fourth-order valence-corrected chi connectivity index (χ4v) is 2.69. The summed E-state index contributed by atoms with van der Waals surface area (Å²) < 4.78 is 0. The summed E-state index contributed by atoms with van der Waals surface area (Å²) in [6.07, 6.45) is 2.24. The molecule has 3 heteroatoms. The molecule has 72 valence electrons. The number of aliphatic hydroxyl groups excluding tert-OH is 1. The van der Waals surface area contributed by atoms with Gasteiger partial charge in [0.25, 0.3) is 0 Å². The molecule has 1 heterocycles. The highest BCUT2D eigenvalue weighted by molar-refractivity contribution is 7.99. The van der Waals surface area contributed by atoms with Crippen LogP contribution >= 0.6 is 11.8 Å². The van der Waals surface area contributed by atoms with Crippen LogP contribution in [0.15, 0.2) is 0 Å². The summed E-state index contributed by atoms with van der Waals surface area (Å²) in [6, 6.07) is 0.473. The highest BCUT2D eigenvalue weighted by atomic mass is 32.2. The predicted octanol–water partition coefficient (Wildman–Crippen LogP) is 1.10. The standard InChI is InChI=1S/C9H19NOS/c1-8(2-4-11)10-6-9-3-5-12-7-9/h8-11H,2-7H2,1H3. The van der Waals surface area contributed by atoms with E-state index in [1.807, 2.05) is 0 Å². The van der Waals surface area contributed by atoms with Crippen molar-refractivity contribution in [3.8, 4) is 0 Å². The third kappa shape index (κ3) is 3.78. The summed E-state index contributed by atoms with van der Waals surface area (Å²) in [4.78, 5) is 0. The van der Waals surface area contributed by atoms with Crippen molar-refractivity contribution >= 4 is 11.8 Å². The van der Waals surface area contributed by atoms with Crippen molar-refractivity contribution in [1.29, 1.82) is 0 Å². The number of aliphatic hydroxyl groups is 1. The zero-order valence-corrected chi connectivity index (χ0v) is 8.57. The lowest BCUT2D eigenvalue weighted by molar-refractivity contribution is 0.266. The Morgan fingerprint density at radius 1 is 1.67 bits per heavy atom. The fraction of sp³-hybridized carbons (Fsp3) is 1.00. The summed E-state index contributed by atoms with van der Waals surface area (Å²) in [6.45, 7) is 3.57. The van der Waals surface area contributed by atoms with Gasteiger partial charge in [0.1, 0.15) is 0 Å². The molecular formula is C9H19NOS. The Morgan fingerprint density at radius 2 is 2.50 bits per heavy atom. The van der Waals surface area contributed by atoms with Gasteiger partial charge in [0.05, 0.1) is 0 Å². The second-order valence-electron chi connectivity index (χ2n) is 3.55. The molecule has 1 fully saturated rings. The molecule has 0 saturated carbocycles. The van der Waals surface area contributed by atoms with Gasteiger partial charge < -0.3 is 10.4 Å². The quantitative estimate of drug-likeness (QED) is 0.679. The molecule has 12 heavy (non-hydrogen) atoms. The van der Waals surface area contributed by atoms with E-state index in [1.165, 1.54) is 17.9 Å². The maximum absolute atomic E-state index is 8.68. The Labute approximate surface area is 79.1 Å². The normalized spacial score (nSPS) is 26.0. The Bertz CT molecular complexity index is 115. The van der Waals surface area contributed by atoms with Gasteiger partial charge in [-0.3, -0.25) is 0 Å². The lowest BCUT2D eigenvalue weighted by atomic mass is 10.1. The zero-order chi connectivity index (χ0) is 8.81. The first-order valence-electron chi connectivity index (χ1n) is 4.75. The molecular weight excluding hydrogens is 170 g/mol. The molecule has 0 radical (unpaired) electrons. The molecule has 1 aliphatic rings. The van der Waals surface area contributed by atoms with Crippen LogP contribution in [-0.4, -0.2) is 35.8 Å². The maximum atomic E-state index is 8.68. The van der Waals surface area contributed by atoms with Crippen molar-refractivity contribution in [2.45, 2.75) is 25.8 Å². The van der Waals surface area contributed by atoms with Gasteiger partial charge in [-0.2, -0.15) is 11.8 Å². The number of nitrogens with one attached hydrogen (secondary N) is 1. The van der Waals surface area contributed by atoms with Gasteiger partial charge in [0.2, 0.25) is 0 Å². The average molecular weight is 189 g/mol. The van der Waals surface area contributed by atoms with Crippen LogP contribution in [0.4, 0.5) is 0 Å². The Hall–Kier alpha value is 0.270. The largest absolute Gasteiger partial charge is 0.396 e. The Kier molecular flexibility index (Phi) is 5.04. The first-order chi connectivity index (χ1) is 5.83. The zero-order valence-electron chi connectivity index (χ0n) is 7.75. The van der Waals surface area contributed by atoms with Crippen LogP contribution in [0.5, 0.6) is 0 Å². The van der Waals surface area contributed by atoms with Crippen LogP contribution in [0, 0.1) is 5.92 Å².